The van der Waals surface area contributed by atoms with E-state index in [9.17, 15) is 4.79 Å². The minimum absolute atomic E-state index is 0.0898. The topological polar surface area (TPSA) is 91.8 Å². The molecule has 4 atom stereocenters. The summed E-state index contributed by atoms with van der Waals surface area (Å²) < 4.78 is 0. The molecule has 0 unspecified atom stereocenters. The highest BCUT2D eigenvalue weighted by atomic mass is 35.5. The first kappa shape index (κ1) is 12.9. The maximum absolute atomic E-state index is 11.7. The first-order valence-corrected chi connectivity index (χ1v) is 6.78. The van der Waals surface area contributed by atoms with Crippen molar-refractivity contribution in [3.8, 4) is 6.07 Å². The number of amides is 1. The van der Waals surface area contributed by atoms with E-state index in [1.165, 1.54) is 6.20 Å². The van der Waals surface area contributed by atoms with E-state index in [4.69, 9.17) is 22.6 Å². The van der Waals surface area contributed by atoms with Crippen molar-refractivity contribution >= 4 is 23.2 Å². The lowest BCUT2D eigenvalue weighted by Crippen LogP contribution is -2.41. The number of nitriles is 1. The number of nitrogens with two attached hydrogens (primary N) is 1. The van der Waals surface area contributed by atoms with Gasteiger partial charge in [0.15, 0.2) is 0 Å². The Kier molecular flexibility index (Phi) is 3.11. The number of rotatable bonds is 3. The predicted molar refractivity (Wildman–Crippen MR) is 74.8 cm³/mol. The first-order valence-electron chi connectivity index (χ1n) is 6.40. The van der Waals surface area contributed by atoms with Crippen molar-refractivity contribution in [1.29, 1.82) is 5.26 Å². The van der Waals surface area contributed by atoms with Gasteiger partial charge in [0.1, 0.15) is 11.2 Å². The Morgan fingerprint density at radius 3 is 2.95 bits per heavy atom. The quantitative estimate of drug-likeness (QED) is 0.654. The highest BCUT2D eigenvalue weighted by molar-refractivity contribution is 6.29. The summed E-state index contributed by atoms with van der Waals surface area (Å²) in [6, 6.07) is 3.58. The van der Waals surface area contributed by atoms with Crippen molar-refractivity contribution in [1.82, 2.24) is 4.98 Å². The first-order chi connectivity index (χ1) is 9.60. The number of fused-ring (bicyclic) bond motifs is 2. The fourth-order valence-corrected chi connectivity index (χ4v) is 3.38. The highest BCUT2D eigenvalue weighted by Crippen LogP contribution is 2.45. The number of carbonyl (C=O) groups excluding carboxylic acids is 1. The second-order valence-electron chi connectivity index (χ2n) is 5.21. The number of aromatic nitrogens is 1. The molecule has 2 aliphatic rings. The molecule has 1 aromatic heterocycles. The summed E-state index contributed by atoms with van der Waals surface area (Å²) >= 11 is 5.87. The lowest BCUT2D eigenvalue weighted by Gasteiger charge is -2.27. The molecule has 0 spiro atoms. The van der Waals surface area contributed by atoms with Crippen LogP contribution in [0.5, 0.6) is 0 Å². The molecule has 6 heteroatoms. The van der Waals surface area contributed by atoms with Gasteiger partial charge in [-0.05, 0) is 24.3 Å². The number of hydrogen-bond donors (Lipinski definition) is 2. The number of allylic oxidation sites excluding steroid dienone is 1. The van der Waals surface area contributed by atoms with Crippen LogP contribution < -0.4 is 11.1 Å². The summed E-state index contributed by atoms with van der Waals surface area (Å²) in [6.07, 6.45) is 6.51. The van der Waals surface area contributed by atoms with Crippen LogP contribution in [0, 0.1) is 29.1 Å². The predicted octanol–water partition coefficient (Wildman–Crippen LogP) is 1.69. The number of pyridine rings is 1. The van der Waals surface area contributed by atoms with E-state index in [0.717, 1.165) is 6.42 Å². The van der Waals surface area contributed by atoms with E-state index < -0.39 is 0 Å². The van der Waals surface area contributed by atoms with Gasteiger partial charge in [0, 0.05) is 12.2 Å². The Morgan fingerprint density at radius 2 is 2.25 bits per heavy atom. The lowest BCUT2D eigenvalue weighted by atomic mass is 9.88. The van der Waals surface area contributed by atoms with Crippen molar-refractivity contribution in [2.45, 2.75) is 12.5 Å². The summed E-state index contributed by atoms with van der Waals surface area (Å²) in [5.41, 5.74) is 6.52. The third kappa shape index (κ3) is 2.02. The largest absolute Gasteiger partial charge is 0.380 e. The second kappa shape index (κ2) is 4.80. The smallest absolute Gasteiger partial charge is 0.223 e. The maximum Gasteiger partial charge on any atom is 0.223 e. The monoisotopic (exact) mass is 288 g/mol. The van der Waals surface area contributed by atoms with Crippen LogP contribution in [0.3, 0.4) is 0 Å². The van der Waals surface area contributed by atoms with Crippen LogP contribution in [-0.4, -0.2) is 16.9 Å². The molecule has 1 fully saturated rings. The number of nitrogens with zero attached hydrogens (tertiary/aromatic N) is 2. The molecule has 3 rings (SSSR count). The van der Waals surface area contributed by atoms with E-state index in [1.807, 2.05) is 0 Å². The summed E-state index contributed by atoms with van der Waals surface area (Å²) in [4.78, 5) is 15.5. The maximum atomic E-state index is 11.7. The zero-order valence-corrected chi connectivity index (χ0v) is 11.3. The van der Waals surface area contributed by atoms with E-state index >= 15 is 0 Å². The van der Waals surface area contributed by atoms with Gasteiger partial charge in [-0.2, -0.15) is 5.26 Å². The Morgan fingerprint density at radius 1 is 1.50 bits per heavy atom. The second-order valence-corrected chi connectivity index (χ2v) is 5.60. The Labute approximate surface area is 121 Å². The molecule has 0 aliphatic heterocycles. The Balaban J connectivity index is 1.91. The summed E-state index contributed by atoms with van der Waals surface area (Å²) in [5, 5.41) is 12.7. The molecule has 2 bridgehead atoms. The van der Waals surface area contributed by atoms with Crippen LogP contribution in [0.25, 0.3) is 0 Å². The molecule has 1 saturated carbocycles. The van der Waals surface area contributed by atoms with Gasteiger partial charge in [-0.15, -0.1) is 0 Å². The van der Waals surface area contributed by atoms with E-state index in [0.29, 0.717) is 16.4 Å². The number of anilines is 1. The van der Waals surface area contributed by atoms with Gasteiger partial charge in [-0.25, -0.2) is 4.98 Å². The highest BCUT2D eigenvalue weighted by Gasteiger charge is 2.47. The van der Waals surface area contributed by atoms with E-state index in [1.54, 1.807) is 6.07 Å². The molecule has 0 aromatic carbocycles. The van der Waals surface area contributed by atoms with Gasteiger partial charge >= 0.3 is 0 Å². The SMILES string of the molecule is N#Cc1cnc(Cl)cc1N[C@H]1[C@@H](C(N)=O)[C@@H]2C=C[C@H]1C2. The Bertz CT molecular complexity index is 637. The summed E-state index contributed by atoms with van der Waals surface area (Å²) in [6.45, 7) is 0. The van der Waals surface area contributed by atoms with Crippen molar-refractivity contribution in [3.05, 3.63) is 35.1 Å². The number of nitrogens with one attached hydrogen (secondary N) is 1. The van der Waals surface area contributed by atoms with Crippen molar-refractivity contribution in [2.24, 2.45) is 23.5 Å². The van der Waals surface area contributed by atoms with Gasteiger partial charge in [-0.1, -0.05) is 23.8 Å². The molecule has 5 nitrogen and oxygen atoms in total. The van der Waals surface area contributed by atoms with Gasteiger partial charge < -0.3 is 11.1 Å². The molecule has 1 aromatic rings. The van der Waals surface area contributed by atoms with Gasteiger partial charge in [0.2, 0.25) is 5.91 Å². The average molecular weight is 289 g/mol. The fourth-order valence-electron chi connectivity index (χ4n) is 3.22. The van der Waals surface area contributed by atoms with Crippen molar-refractivity contribution in [2.75, 3.05) is 5.32 Å². The van der Waals surface area contributed by atoms with Crippen LogP contribution in [0.1, 0.15) is 12.0 Å². The van der Waals surface area contributed by atoms with Crippen LogP contribution >= 0.6 is 11.6 Å². The van der Waals surface area contributed by atoms with E-state index in [-0.39, 0.29) is 29.7 Å². The Hall–Kier alpha value is -2.06. The molecule has 0 saturated heterocycles. The molecule has 20 heavy (non-hydrogen) atoms. The van der Waals surface area contributed by atoms with Crippen LogP contribution in [0.4, 0.5) is 5.69 Å². The fraction of sp³-hybridized carbons (Fsp3) is 0.357. The molecule has 3 N–H and O–H groups in total. The molecule has 0 radical (unpaired) electrons. The molecule has 1 heterocycles. The lowest BCUT2D eigenvalue weighted by molar-refractivity contribution is -0.122. The molecular formula is C14H13ClN4O. The molecule has 102 valence electrons. The minimum Gasteiger partial charge on any atom is -0.380 e. The zero-order chi connectivity index (χ0) is 14.3. The third-order valence-corrected chi connectivity index (χ3v) is 4.31. The number of halogens is 1. The van der Waals surface area contributed by atoms with Crippen LogP contribution in [-0.2, 0) is 4.79 Å². The van der Waals surface area contributed by atoms with Crippen molar-refractivity contribution in [3.63, 3.8) is 0 Å². The third-order valence-electron chi connectivity index (χ3n) is 4.10. The normalized spacial score (nSPS) is 30.2. The van der Waals surface area contributed by atoms with Gasteiger partial charge in [0.25, 0.3) is 0 Å². The standard InChI is InChI=1S/C14H13ClN4O/c15-11-4-10(9(5-16)6-18-11)19-13-8-2-1-7(3-8)12(13)14(17)20/h1-2,4,6-8,12-13H,3H2,(H2,17,20)(H,18,19)/t7-,8+,12+,13-/m1/s1. The van der Waals surface area contributed by atoms with Crippen molar-refractivity contribution < 1.29 is 4.79 Å². The number of primary amides is 1. The van der Waals surface area contributed by atoms with E-state index in [2.05, 4.69) is 28.5 Å². The van der Waals surface area contributed by atoms with Gasteiger partial charge in [0.05, 0.1) is 17.2 Å². The van der Waals surface area contributed by atoms with Crippen LogP contribution in [0.2, 0.25) is 5.15 Å². The molecule has 2 aliphatic carbocycles. The summed E-state index contributed by atoms with van der Waals surface area (Å²) in [5.74, 6) is -0.102. The number of hydrogen-bond acceptors (Lipinski definition) is 4. The average Bonchev–Trinajstić information content (AvgIpc) is 2.99. The minimum atomic E-state index is -0.307. The zero-order valence-electron chi connectivity index (χ0n) is 10.6. The van der Waals surface area contributed by atoms with Gasteiger partial charge in [-0.3, -0.25) is 4.79 Å². The van der Waals surface area contributed by atoms with Crippen LogP contribution in [0.15, 0.2) is 24.4 Å². The molecular weight excluding hydrogens is 276 g/mol. The summed E-state index contributed by atoms with van der Waals surface area (Å²) in [7, 11) is 0. The molecule has 1 amide bonds. The number of carbonyl (C=O) groups is 1.